The fourth-order valence-electron chi connectivity index (χ4n) is 3.08. The van der Waals surface area contributed by atoms with Crippen LogP contribution in [0.25, 0.3) is 32.8 Å². The lowest BCUT2D eigenvalue weighted by molar-refractivity contribution is -0.00570. The molecule has 1 unspecified atom stereocenters. The second-order valence-electron chi connectivity index (χ2n) is 6.35. The highest BCUT2D eigenvalue weighted by molar-refractivity contribution is 5.93. The summed E-state index contributed by atoms with van der Waals surface area (Å²) in [4.78, 5) is 17.5. The number of alkyl halides is 2. The first-order valence-corrected chi connectivity index (χ1v) is 8.26. The molecular formula is C20H15F2N3O2. The monoisotopic (exact) mass is 367 g/mol. The van der Waals surface area contributed by atoms with Crippen molar-refractivity contribution in [2.24, 2.45) is 7.05 Å². The number of aryl methyl sites for hydroxylation is 1. The first-order chi connectivity index (χ1) is 12.9. The van der Waals surface area contributed by atoms with E-state index in [0.717, 1.165) is 11.1 Å². The van der Waals surface area contributed by atoms with Gasteiger partial charge in [0.1, 0.15) is 6.10 Å². The minimum Gasteiger partial charge on any atom is -0.382 e. The van der Waals surface area contributed by atoms with Crippen LogP contribution in [0.3, 0.4) is 0 Å². The molecule has 1 N–H and O–H groups in total. The van der Waals surface area contributed by atoms with Crippen molar-refractivity contribution in [1.82, 2.24) is 14.8 Å². The summed E-state index contributed by atoms with van der Waals surface area (Å²) in [5, 5.41) is 15.0. The molecule has 4 rings (SSSR count). The van der Waals surface area contributed by atoms with Crippen LogP contribution in [0.5, 0.6) is 0 Å². The second kappa shape index (κ2) is 6.51. The lowest BCUT2D eigenvalue weighted by atomic mass is 10.0. The number of nitrogens with zero attached hydrogens (tertiary/aromatic N) is 3. The SMILES string of the molecule is Cn1cc(-c2cnc3ccc4ccc(C(O)C(F)F)cc4c(=O)c3c2)cn1. The Kier molecular flexibility index (Phi) is 4.16. The zero-order valence-corrected chi connectivity index (χ0v) is 14.3. The Morgan fingerprint density at radius 3 is 2.52 bits per heavy atom. The van der Waals surface area contributed by atoms with Gasteiger partial charge < -0.3 is 5.11 Å². The summed E-state index contributed by atoms with van der Waals surface area (Å²) in [7, 11) is 1.79. The number of fused-ring (bicyclic) bond motifs is 2. The number of halogens is 2. The lowest BCUT2D eigenvalue weighted by Gasteiger charge is -2.09. The van der Waals surface area contributed by atoms with E-state index in [9.17, 15) is 18.7 Å². The van der Waals surface area contributed by atoms with E-state index in [2.05, 4.69) is 10.1 Å². The van der Waals surface area contributed by atoms with Crippen LogP contribution in [0.4, 0.5) is 8.78 Å². The molecule has 0 saturated heterocycles. The predicted molar refractivity (Wildman–Crippen MR) is 98.7 cm³/mol. The van der Waals surface area contributed by atoms with Gasteiger partial charge in [0.05, 0.1) is 11.7 Å². The Labute approximate surface area is 152 Å². The molecular weight excluding hydrogens is 352 g/mol. The maximum Gasteiger partial charge on any atom is 0.268 e. The fourth-order valence-corrected chi connectivity index (χ4v) is 3.08. The molecule has 2 aromatic heterocycles. The summed E-state index contributed by atoms with van der Waals surface area (Å²) in [6.45, 7) is 0. The highest BCUT2D eigenvalue weighted by atomic mass is 19.3. The Morgan fingerprint density at radius 2 is 1.81 bits per heavy atom. The van der Waals surface area contributed by atoms with Crippen LogP contribution in [-0.4, -0.2) is 26.3 Å². The first-order valence-electron chi connectivity index (χ1n) is 8.26. The predicted octanol–water partition coefficient (Wildman–Crippen LogP) is 3.45. The summed E-state index contributed by atoms with van der Waals surface area (Å²) >= 11 is 0. The summed E-state index contributed by atoms with van der Waals surface area (Å²) in [6.07, 6.45) is 0.284. The van der Waals surface area contributed by atoms with Gasteiger partial charge in [-0.15, -0.1) is 0 Å². The van der Waals surface area contributed by atoms with Crippen molar-refractivity contribution in [3.8, 4) is 11.1 Å². The molecule has 7 heteroatoms. The maximum atomic E-state index is 13.1. The summed E-state index contributed by atoms with van der Waals surface area (Å²) in [5.74, 6) is 0. The maximum absolute atomic E-state index is 13.1. The Morgan fingerprint density at radius 1 is 1.04 bits per heavy atom. The smallest absolute Gasteiger partial charge is 0.268 e. The van der Waals surface area contributed by atoms with Crippen LogP contribution in [0.15, 0.2) is 59.8 Å². The van der Waals surface area contributed by atoms with Gasteiger partial charge in [-0.2, -0.15) is 5.10 Å². The minimum absolute atomic E-state index is 0.00493. The molecule has 5 nitrogen and oxygen atoms in total. The number of hydrogen-bond acceptors (Lipinski definition) is 4. The molecule has 0 fully saturated rings. The van der Waals surface area contributed by atoms with Crippen molar-refractivity contribution in [3.05, 3.63) is 70.8 Å². The Hall–Kier alpha value is -3.19. The molecule has 0 aliphatic rings. The van der Waals surface area contributed by atoms with Crippen LogP contribution in [0, 0.1) is 0 Å². The number of benzene rings is 1. The normalized spacial score (nSPS) is 12.8. The van der Waals surface area contributed by atoms with Gasteiger partial charge in [0.15, 0.2) is 5.43 Å². The van der Waals surface area contributed by atoms with Gasteiger partial charge in [0.2, 0.25) is 0 Å². The average Bonchev–Trinajstić information content (AvgIpc) is 3.05. The molecule has 0 aliphatic carbocycles. The molecule has 4 aromatic rings. The third kappa shape index (κ3) is 3.06. The van der Waals surface area contributed by atoms with Crippen LogP contribution in [-0.2, 0) is 7.05 Å². The molecule has 1 atom stereocenters. The molecule has 0 amide bonds. The summed E-state index contributed by atoms with van der Waals surface area (Å²) in [5.41, 5.74) is 1.73. The highest BCUT2D eigenvalue weighted by Crippen LogP contribution is 2.25. The largest absolute Gasteiger partial charge is 0.382 e. The van der Waals surface area contributed by atoms with E-state index >= 15 is 0 Å². The third-order valence-corrected chi connectivity index (χ3v) is 4.52. The molecule has 0 spiro atoms. The Bertz CT molecular complexity index is 1220. The molecule has 2 heterocycles. The van der Waals surface area contributed by atoms with E-state index < -0.39 is 12.5 Å². The van der Waals surface area contributed by atoms with E-state index in [-0.39, 0.29) is 16.4 Å². The van der Waals surface area contributed by atoms with Crippen molar-refractivity contribution in [1.29, 1.82) is 0 Å². The van der Waals surface area contributed by atoms with E-state index in [1.54, 1.807) is 48.4 Å². The van der Waals surface area contributed by atoms with Crippen molar-refractivity contribution in [2.75, 3.05) is 0 Å². The molecule has 0 bridgehead atoms. The van der Waals surface area contributed by atoms with E-state index in [1.807, 2.05) is 6.20 Å². The van der Waals surface area contributed by atoms with Gasteiger partial charge in [0.25, 0.3) is 6.43 Å². The van der Waals surface area contributed by atoms with Gasteiger partial charge in [-0.3, -0.25) is 14.5 Å². The molecule has 0 radical (unpaired) electrons. The van der Waals surface area contributed by atoms with Crippen molar-refractivity contribution >= 4 is 21.7 Å². The third-order valence-electron chi connectivity index (χ3n) is 4.52. The summed E-state index contributed by atoms with van der Waals surface area (Å²) in [6, 6.07) is 9.43. The van der Waals surface area contributed by atoms with Crippen LogP contribution in [0.2, 0.25) is 0 Å². The molecule has 27 heavy (non-hydrogen) atoms. The molecule has 2 aromatic carbocycles. The van der Waals surface area contributed by atoms with Crippen LogP contribution in [0.1, 0.15) is 11.7 Å². The molecule has 136 valence electrons. The van der Waals surface area contributed by atoms with Gasteiger partial charge in [-0.1, -0.05) is 18.2 Å². The summed E-state index contributed by atoms with van der Waals surface area (Å²) < 4.78 is 27.3. The van der Waals surface area contributed by atoms with Crippen LogP contribution < -0.4 is 5.43 Å². The molecule has 0 aliphatic heterocycles. The number of aliphatic hydroxyl groups is 1. The Balaban J connectivity index is 1.99. The standard InChI is InChI=1S/C20H15F2N3O2/c1-25-10-14(9-24-25)13-7-16-17(23-8-13)5-4-11-2-3-12(18(26)20(21)22)6-15(11)19(16)27/h2-10,18,20,26H,1H3. The van der Waals surface area contributed by atoms with Crippen molar-refractivity contribution in [3.63, 3.8) is 0 Å². The molecule has 0 saturated carbocycles. The van der Waals surface area contributed by atoms with Crippen molar-refractivity contribution in [2.45, 2.75) is 12.5 Å². The van der Waals surface area contributed by atoms with Crippen LogP contribution >= 0.6 is 0 Å². The van der Waals surface area contributed by atoms with Gasteiger partial charge in [-0.25, -0.2) is 8.78 Å². The van der Waals surface area contributed by atoms with Crippen molar-refractivity contribution < 1.29 is 13.9 Å². The number of aromatic nitrogens is 3. The second-order valence-corrected chi connectivity index (χ2v) is 6.35. The highest BCUT2D eigenvalue weighted by Gasteiger charge is 2.19. The lowest BCUT2D eigenvalue weighted by Crippen LogP contribution is -2.08. The zero-order chi connectivity index (χ0) is 19.1. The first kappa shape index (κ1) is 17.2. The van der Waals surface area contributed by atoms with Gasteiger partial charge in [0, 0.05) is 41.3 Å². The van der Waals surface area contributed by atoms with Gasteiger partial charge in [-0.05, 0) is 29.1 Å². The van der Waals surface area contributed by atoms with E-state index in [1.165, 1.54) is 12.1 Å². The number of rotatable bonds is 3. The van der Waals surface area contributed by atoms with Gasteiger partial charge >= 0.3 is 0 Å². The average molecular weight is 367 g/mol. The zero-order valence-electron chi connectivity index (χ0n) is 14.3. The minimum atomic E-state index is -2.93. The number of hydrogen-bond donors (Lipinski definition) is 1. The van der Waals surface area contributed by atoms with E-state index in [0.29, 0.717) is 16.3 Å². The topological polar surface area (TPSA) is 68.0 Å². The number of pyridine rings is 1. The fraction of sp³-hybridized carbons (Fsp3) is 0.150. The quantitative estimate of drug-likeness (QED) is 0.602. The number of aliphatic hydroxyl groups excluding tert-OH is 1. The van der Waals surface area contributed by atoms with E-state index in [4.69, 9.17) is 0 Å².